The zero-order valence-electron chi connectivity index (χ0n) is 12.2. The van der Waals surface area contributed by atoms with E-state index in [1.807, 2.05) is 0 Å². The summed E-state index contributed by atoms with van der Waals surface area (Å²) >= 11 is 0. The van der Waals surface area contributed by atoms with Crippen molar-refractivity contribution >= 4 is 0 Å². The highest BCUT2D eigenvalue weighted by Crippen LogP contribution is 2.18. The van der Waals surface area contributed by atoms with E-state index >= 15 is 0 Å². The van der Waals surface area contributed by atoms with Crippen LogP contribution in [0.1, 0.15) is 52.4 Å². The number of hydrogen-bond acceptors (Lipinski definition) is 3. The molecule has 2 atom stereocenters. The Balaban J connectivity index is 1.68. The molecule has 0 aromatic carbocycles. The molecule has 0 spiro atoms. The Hall–Kier alpha value is -0.120. The average Bonchev–Trinajstić information content (AvgIpc) is 3.06. The van der Waals surface area contributed by atoms with E-state index in [0.717, 1.165) is 32.3 Å². The van der Waals surface area contributed by atoms with Gasteiger partial charge in [-0.15, -0.1) is 0 Å². The van der Waals surface area contributed by atoms with Crippen LogP contribution >= 0.6 is 0 Å². The lowest BCUT2D eigenvalue weighted by Gasteiger charge is -2.31. The van der Waals surface area contributed by atoms with Gasteiger partial charge in [-0.1, -0.05) is 19.8 Å². The molecule has 1 aliphatic heterocycles. The number of hydrogen-bond donors (Lipinski definition) is 1. The lowest BCUT2D eigenvalue weighted by atomic mass is 10.2. The third-order valence-electron chi connectivity index (χ3n) is 4.55. The highest BCUT2D eigenvalue weighted by atomic mass is 16.5. The van der Waals surface area contributed by atoms with Gasteiger partial charge in [-0.2, -0.15) is 0 Å². The molecule has 1 saturated heterocycles. The van der Waals surface area contributed by atoms with Crippen molar-refractivity contribution in [1.29, 1.82) is 0 Å². The quantitative estimate of drug-likeness (QED) is 0.755. The maximum Gasteiger partial charge on any atom is 0.0702 e. The van der Waals surface area contributed by atoms with Crippen LogP contribution in [0, 0.1) is 0 Å². The number of ether oxygens (including phenoxy) is 1. The topological polar surface area (TPSA) is 24.5 Å². The Morgan fingerprint density at radius 2 is 2.00 bits per heavy atom. The van der Waals surface area contributed by atoms with Gasteiger partial charge in [0.25, 0.3) is 0 Å². The summed E-state index contributed by atoms with van der Waals surface area (Å²) in [5.41, 5.74) is 0. The summed E-state index contributed by atoms with van der Waals surface area (Å²) in [7, 11) is 0. The molecule has 0 radical (unpaired) electrons. The maximum absolute atomic E-state index is 5.75. The van der Waals surface area contributed by atoms with Crippen LogP contribution in [0.5, 0.6) is 0 Å². The van der Waals surface area contributed by atoms with E-state index in [1.54, 1.807) is 0 Å². The van der Waals surface area contributed by atoms with E-state index in [2.05, 4.69) is 24.1 Å². The maximum atomic E-state index is 5.75. The Bertz CT molecular complexity index is 223. The zero-order chi connectivity index (χ0) is 12.8. The SMILES string of the molecule is CCN(CC1CCCO1)C(C)CNC1CCCC1. The molecule has 0 bridgehead atoms. The minimum atomic E-state index is 0.485. The van der Waals surface area contributed by atoms with E-state index in [0.29, 0.717) is 12.1 Å². The molecule has 0 aromatic heterocycles. The molecule has 3 nitrogen and oxygen atoms in total. The number of nitrogens with zero attached hydrogens (tertiary/aromatic N) is 1. The molecule has 2 fully saturated rings. The van der Waals surface area contributed by atoms with E-state index in [9.17, 15) is 0 Å². The summed E-state index contributed by atoms with van der Waals surface area (Å²) < 4.78 is 5.75. The van der Waals surface area contributed by atoms with Gasteiger partial charge in [0.2, 0.25) is 0 Å². The Morgan fingerprint density at radius 1 is 1.22 bits per heavy atom. The number of nitrogens with one attached hydrogen (secondary N) is 1. The van der Waals surface area contributed by atoms with E-state index in [-0.39, 0.29) is 0 Å². The van der Waals surface area contributed by atoms with Gasteiger partial charge in [-0.05, 0) is 39.2 Å². The molecule has 18 heavy (non-hydrogen) atoms. The monoisotopic (exact) mass is 254 g/mol. The van der Waals surface area contributed by atoms with Gasteiger partial charge in [-0.3, -0.25) is 4.90 Å². The lowest BCUT2D eigenvalue weighted by molar-refractivity contribution is 0.0614. The van der Waals surface area contributed by atoms with Crippen molar-refractivity contribution in [3.63, 3.8) is 0 Å². The average molecular weight is 254 g/mol. The summed E-state index contributed by atoms with van der Waals surface area (Å²) in [6, 6.07) is 1.41. The predicted molar refractivity (Wildman–Crippen MR) is 75.9 cm³/mol. The first-order valence-electron chi connectivity index (χ1n) is 7.88. The second kappa shape index (κ2) is 7.46. The molecule has 0 aromatic rings. The Morgan fingerprint density at radius 3 is 2.61 bits per heavy atom. The number of likely N-dealkylation sites (N-methyl/N-ethyl adjacent to an activating group) is 1. The van der Waals surface area contributed by atoms with Gasteiger partial charge in [0.15, 0.2) is 0 Å². The van der Waals surface area contributed by atoms with Crippen molar-refractivity contribution < 1.29 is 4.74 Å². The fourth-order valence-electron chi connectivity index (χ4n) is 3.27. The molecule has 2 unspecified atom stereocenters. The Labute approximate surface area is 112 Å². The van der Waals surface area contributed by atoms with E-state index < -0.39 is 0 Å². The Kier molecular flexibility index (Phi) is 5.93. The largest absolute Gasteiger partial charge is 0.377 e. The van der Waals surface area contributed by atoms with Crippen molar-refractivity contribution in [3.05, 3.63) is 0 Å². The molecule has 1 heterocycles. The van der Waals surface area contributed by atoms with Crippen LogP contribution < -0.4 is 5.32 Å². The van der Waals surface area contributed by atoms with Crippen molar-refractivity contribution in [2.24, 2.45) is 0 Å². The highest BCUT2D eigenvalue weighted by molar-refractivity contribution is 4.79. The normalized spacial score (nSPS) is 27.2. The third-order valence-corrected chi connectivity index (χ3v) is 4.55. The molecule has 1 aliphatic carbocycles. The predicted octanol–water partition coefficient (Wildman–Crippen LogP) is 2.41. The van der Waals surface area contributed by atoms with Crippen LogP contribution in [-0.2, 0) is 4.74 Å². The van der Waals surface area contributed by atoms with Crippen LogP contribution in [-0.4, -0.2) is 49.3 Å². The smallest absolute Gasteiger partial charge is 0.0702 e. The molecule has 1 N–H and O–H groups in total. The van der Waals surface area contributed by atoms with Crippen LogP contribution in [0.25, 0.3) is 0 Å². The van der Waals surface area contributed by atoms with Crippen LogP contribution in [0.2, 0.25) is 0 Å². The highest BCUT2D eigenvalue weighted by Gasteiger charge is 2.22. The summed E-state index contributed by atoms with van der Waals surface area (Å²) in [4.78, 5) is 2.57. The first-order valence-corrected chi connectivity index (χ1v) is 7.88. The van der Waals surface area contributed by atoms with Gasteiger partial charge in [0.05, 0.1) is 6.10 Å². The van der Waals surface area contributed by atoms with Gasteiger partial charge in [0.1, 0.15) is 0 Å². The van der Waals surface area contributed by atoms with E-state index in [4.69, 9.17) is 4.74 Å². The fraction of sp³-hybridized carbons (Fsp3) is 1.00. The van der Waals surface area contributed by atoms with E-state index in [1.165, 1.54) is 38.5 Å². The molecular formula is C15H30N2O. The second-order valence-electron chi connectivity index (χ2n) is 5.96. The first-order chi connectivity index (χ1) is 8.79. The molecule has 2 rings (SSSR count). The minimum absolute atomic E-state index is 0.485. The molecule has 0 amide bonds. The van der Waals surface area contributed by atoms with Gasteiger partial charge in [-0.25, -0.2) is 0 Å². The third kappa shape index (κ3) is 4.22. The zero-order valence-corrected chi connectivity index (χ0v) is 12.2. The molecule has 2 aliphatic rings. The van der Waals surface area contributed by atoms with Gasteiger partial charge >= 0.3 is 0 Å². The van der Waals surface area contributed by atoms with Gasteiger partial charge in [0, 0.05) is 31.8 Å². The molecular weight excluding hydrogens is 224 g/mol. The summed E-state index contributed by atoms with van der Waals surface area (Å²) in [6.07, 6.45) is 8.57. The van der Waals surface area contributed by atoms with Crippen molar-refractivity contribution in [2.75, 3.05) is 26.2 Å². The van der Waals surface area contributed by atoms with Crippen LogP contribution in [0.4, 0.5) is 0 Å². The van der Waals surface area contributed by atoms with Crippen molar-refractivity contribution in [1.82, 2.24) is 10.2 Å². The summed E-state index contributed by atoms with van der Waals surface area (Å²) in [5.74, 6) is 0. The summed E-state index contributed by atoms with van der Waals surface area (Å²) in [5, 5.41) is 3.74. The molecule has 106 valence electrons. The summed E-state index contributed by atoms with van der Waals surface area (Å²) in [6.45, 7) is 8.96. The fourth-order valence-corrected chi connectivity index (χ4v) is 3.27. The number of rotatable bonds is 7. The minimum Gasteiger partial charge on any atom is -0.377 e. The first kappa shape index (κ1) is 14.3. The second-order valence-corrected chi connectivity index (χ2v) is 5.96. The standard InChI is InChI=1S/C15H30N2O/c1-3-17(12-15-9-6-10-18-15)13(2)11-16-14-7-4-5-8-14/h13-16H,3-12H2,1-2H3. The van der Waals surface area contributed by atoms with Crippen LogP contribution in [0.15, 0.2) is 0 Å². The van der Waals surface area contributed by atoms with Gasteiger partial charge < -0.3 is 10.1 Å². The molecule has 3 heteroatoms. The van der Waals surface area contributed by atoms with Crippen LogP contribution in [0.3, 0.4) is 0 Å². The lowest BCUT2D eigenvalue weighted by Crippen LogP contribution is -2.45. The van der Waals surface area contributed by atoms with Crippen molar-refractivity contribution in [3.8, 4) is 0 Å². The molecule has 1 saturated carbocycles. The van der Waals surface area contributed by atoms with Crippen molar-refractivity contribution in [2.45, 2.75) is 70.6 Å².